The lowest BCUT2D eigenvalue weighted by Crippen LogP contribution is -2.32. The number of nitrogens with one attached hydrogen (secondary N) is 1. The molecule has 2 aliphatic heterocycles. The van der Waals surface area contributed by atoms with Gasteiger partial charge in [-0.2, -0.15) is 11.8 Å². The smallest absolute Gasteiger partial charge is 0.317 e. The van der Waals surface area contributed by atoms with Gasteiger partial charge in [0.25, 0.3) is 0 Å². The zero-order chi connectivity index (χ0) is 7.14. The van der Waals surface area contributed by atoms with Crippen molar-refractivity contribution in [2.75, 3.05) is 18.6 Å². The van der Waals surface area contributed by atoms with E-state index in [0.29, 0.717) is 12.1 Å². The maximum absolute atomic E-state index is 11.0. The molecule has 1 N–H and O–H groups in total. The van der Waals surface area contributed by atoms with E-state index in [9.17, 15) is 4.79 Å². The molecular formula is C6H10N2OS. The first-order valence-corrected chi connectivity index (χ1v) is 4.55. The number of thioether (sulfide) groups is 1. The second-order valence-corrected chi connectivity index (χ2v) is 3.85. The summed E-state index contributed by atoms with van der Waals surface area (Å²) in [6, 6.07) is 0.968. The van der Waals surface area contributed by atoms with Gasteiger partial charge in [-0.25, -0.2) is 4.79 Å². The normalized spacial score (nSPS) is 38.1. The van der Waals surface area contributed by atoms with Gasteiger partial charge >= 0.3 is 6.03 Å². The van der Waals surface area contributed by atoms with Crippen LogP contribution in [0.5, 0.6) is 0 Å². The number of hydrogen-bond acceptors (Lipinski definition) is 2. The zero-order valence-corrected chi connectivity index (χ0v) is 6.65. The molecular weight excluding hydrogens is 148 g/mol. The summed E-state index contributed by atoms with van der Waals surface area (Å²) in [5.74, 6) is 2.18. The van der Waals surface area contributed by atoms with Gasteiger partial charge in [0, 0.05) is 18.6 Å². The minimum Gasteiger partial charge on any atom is -0.332 e. The molecule has 2 fully saturated rings. The third-order valence-electron chi connectivity index (χ3n) is 2.18. The largest absolute Gasteiger partial charge is 0.332 e. The van der Waals surface area contributed by atoms with Crippen LogP contribution in [-0.2, 0) is 0 Å². The van der Waals surface area contributed by atoms with Crippen molar-refractivity contribution < 1.29 is 4.79 Å². The molecule has 0 aliphatic carbocycles. The number of carbonyl (C=O) groups excluding carboxylic acids is 1. The Morgan fingerprint density at radius 2 is 2.50 bits per heavy atom. The molecule has 0 radical (unpaired) electrons. The molecule has 10 heavy (non-hydrogen) atoms. The van der Waals surface area contributed by atoms with Crippen LogP contribution in [0.2, 0.25) is 0 Å². The summed E-state index contributed by atoms with van der Waals surface area (Å²) < 4.78 is 0. The van der Waals surface area contributed by atoms with Gasteiger partial charge in [0.1, 0.15) is 0 Å². The zero-order valence-electron chi connectivity index (χ0n) is 5.83. The van der Waals surface area contributed by atoms with Crippen molar-refractivity contribution in [2.24, 2.45) is 0 Å². The van der Waals surface area contributed by atoms with Crippen LogP contribution in [0.4, 0.5) is 4.79 Å². The molecule has 0 saturated carbocycles. The molecule has 2 rings (SSSR count). The number of carbonyl (C=O) groups is 1. The Kier molecular flexibility index (Phi) is 1.30. The molecule has 0 aromatic heterocycles. The van der Waals surface area contributed by atoms with Crippen LogP contribution < -0.4 is 5.32 Å². The van der Waals surface area contributed by atoms with E-state index in [1.807, 2.05) is 23.7 Å². The predicted octanol–water partition coefficient (Wildman–Crippen LogP) is 0.125. The Morgan fingerprint density at radius 3 is 3.20 bits per heavy atom. The van der Waals surface area contributed by atoms with Crippen molar-refractivity contribution in [1.82, 2.24) is 10.2 Å². The first-order valence-electron chi connectivity index (χ1n) is 3.40. The number of fused-ring (bicyclic) bond motifs is 1. The third-order valence-corrected chi connectivity index (χ3v) is 3.35. The van der Waals surface area contributed by atoms with Gasteiger partial charge in [-0.3, -0.25) is 0 Å². The van der Waals surface area contributed by atoms with Crippen molar-refractivity contribution in [3.05, 3.63) is 0 Å². The second-order valence-electron chi connectivity index (χ2n) is 2.77. The fraction of sp³-hybridized carbons (Fsp3) is 0.833. The Hall–Kier alpha value is -0.380. The van der Waals surface area contributed by atoms with Crippen molar-refractivity contribution in [1.29, 1.82) is 0 Å². The monoisotopic (exact) mass is 158 g/mol. The van der Waals surface area contributed by atoms with Crippen LogP contribution in [0.1, 0.15) is 0 Å². The van der Waals surface area contributed by atoms with Gasteiger partial charge in [-0.05, 0) is 0 Å². The lowest BCUT2D eigenvalue weighted by Gasteiger charge is -2.14. The predicted molar refractivity (Wildman–Crippen MR) is 41.2 cm³/mol. The first-order chi connectivity index (χ1) is 4.79. The Labute approximate surface area is 64.1 Å². The Morgan fingerprint density at radius 1 is 1.70 bits per heavy atom. The summed E-state index contributed by atoms with van der Waals surface area (Å²) in [6.45, 7) is 0. The average molecular weight is 158 g/mol. The molecule has 2 heterocycles. The summed E-state index contributed by atoms with van der Waals surface area (Å²) in [7, 11) is 1.87. The molecule has 2 atom stereocenters. The van der Waals surface area contributed by atoms with Crippen molar-refractivity contribution in [3.63, 3.8) is 0 Å². The van der Waals surface area contributed by atoms with Crippen LogP contribution in [-0.4, -0.2) is 41.6 Å². The molecule has 0 aromatic rings. The Balaban J connectivity index is 2.16. The van der Waals surface area contributed by atoms with Crippen molar-refractivity contribution >= 4 is 17.8 Å². The molecule has 3 nitrogen and oxygen atoms in total. The first kappa shape index (κ1) is 6.34. The van der Waals surface area contributed by atoms with Gasteiger partial charge in [0.05, 0.1) is 12.1 Å². The van der Waals surface area contributed by atoms with Gasteiger partial charge in [-0.15, -0.1) is 0 Å². The van der Waals surface area contributed by atoms with Crippen molar-refractivity contribution in [3.8, 4) is 0 Å². The van der Waals surface area contributed by atoms with Crippen LogP contribution in [0.3, 0.4) is 0 Å². The number of hydrogen-bond donors (Lipinski definition) is 1. The molecule has 56 valence electrons. The summed E-state index contributed by atoms with van der Waals surface area (Å²) in [5.41, 5.74) is 0. The summed E-state index contributed by atoms with van der Waals surface area (Å²) in [5, 5.41) is 2.93. The average Bonchev–Trinajstić information content (AvgIpc) is 2.41. The molecule has 2 aliphatic rings. The lowest BCUT2D eigenvalue weighted by molar-refractivity contribution is 0.219. The highest BCUT2D eigenvalue weighted by atomic mass is 32.2. The van der Waals surface area contributed by atoms with Crippen molar-refractivity contribution in [2.45, 2.75) is 12.1 Å². The standard InChI is InChI=1S/C6H10N2OS/c1-8-5-3-10-2-4(5)7-6(8)9/h4-5H,2-3H2,1H3,(H,7,9)/t4-,5+/m0/s1. The Bertz CT molecular complexity index is 173. The fourth-order valence-electron chi connectivity index (χ4n) is 1.47. The van der Waals surface area contributed by atoms with E-state index in [1.165, 1.54) is 0 Å². The van der Waals surface area contributed by atoms with Gasteiger partial charge < -0.3 is 10.2 Å². The highest BCUT2D eigenvalue weighted by Crippen LogP contribution is 2.26. The second kappa shape index (κ2) is 2.05. The number of rotatable bonds is 0. The van der Waals surface area contributed by atoms with Gasteiger partial charge in [0.2, 0.25) is 0 Å². The van der Waals surface area contributed by atoms with Crippen LogP contribution in [0.25, 0.3) is 0 Å². The highest BCUT2D eigenvalue weighted by molar-refractivity contribution is 7.99. The SMILES string of the molecule is CN1C(=O)N[C@H]2CSC[C@H]21. The maximum Gasteiger partial charge on any atom is 0.317 e. The minimum atomic E-state index is 0.0929. The van der Waals surface area contributed by atoms with E-state index < -0.39 is 0 Å². The summed E-state index contributed by atoms with van der Waals surface area (Å²) >= 11 is 1.92. The number of amides is 2. The highest BCUT2D eigenvalue weighted by Gasteiger charge is 2.40. The van der Waals surface area contributed by atoms with Crippen LogP contribution in [0.15, 0.2) is 0 Å². The fourth-order valence-corrected chi connectivity index (χ4v) is 2.87. The van der Waals surface area contributed by atoms with E-state index in [2.05, 4.69) is 5.32 Å². The van der Waals surface area contributed by atoms with E-state index in [-0.39, 0.29) is 6.03 Å². The molecule has 0 spiro atoms. The maximum atomic E-state index is 11.0. The van der Waals surface area contributed by atoms with Gasteiger partial charge in [0.15, 0.2) is 0 Å². The van der Waals surface area contributed by atoms with Crippen LogP contribution in [0, 0.1) is 0 Å². The topological polar surface area (TPSA) is 32.3 Å². The van der Waals surface area contributed by atoms with Crippen LogP contribution >= 0.6 is 11.8 Å². The van der Waals surface area contributed by atoms with E-state index in [1.54, 1.807) is 0 Å². The molecule has 2 saturated heterocycles. The summed E-state index contributed by atoms with van der Waals surface area (Å²) in [6.07, 6.45) is 0. The number of likely N-dealkylation sites (N-methyl/N-ethyl adjacent to an activating group) is 1. The van der Waals surface area contributed by atoms with E-state index in [0.717, 1.165) is 11.5 Å². The van der Waals surface area contributed by atoms with E-state index >= 15 is 0 Å². The molecule has 2 amide bonds. The molecule has 0 unspecified atom stereocenters. The quantitative estimate of drug-likeness (QED) is 0.508. The lowest BCUT2D eigenvalue weighted by atomic mass is 10.2. The molecule has 0 bridgehead atoms. The number of urea groups is 1. The third kappa shape index (κ3) is 0.714. The van der Waals surface area contributed by atoms with Gasteiger partial charge in [-0.1, -0.05) is 0 Å². The molecule has 4 heteroatoms. The summed E-state index contributed by atoms with van der Waals surface area (Å²) in [4.78, 5) is 12.8. The van der Waals surface area contributed by atoms with E-state index in [4.69, 9.17) is 0 Å². The minimum absolute atomic E-state index is 0.0929. The molecule has 0 aromatic carbocycles. The number of nitrogens with zero attached hydrogens (tertiary/aromatic N) is 1.